The van der Waals surface area contributed by atoms with Crippen molar-refractivity contribution in [3.8, 4) is 5.75 Å². The lowest BCUT2D eigenvalue weighted by Crippen LogP contribution is -2.42. The Balaban J connectivity index is 1.82. The van der Waals surface area contributed by atoms with E-state index in [4.69, 9.17) is 14.6 Å². The largest absolute Gasteiger partial charge is 0.497 e. The fourth-order valence-corrected chi connectivity index (χ4v) is 3.15. The summed E-state index contributed by atoms with van der Waals surface area (Å²) in [5.41, 5.74) is 2.29. The fraction of sp³-hybridized carbons (Fsp3) is 0.100. The summed E-state index contributed by atoms with van der Waals surface area (Å²) in [5, 5.41) is 21.3. The van der Waals surface area contributed by atoms with Gasteiger partial charge in [-0.2, -0.15) is 0 Å². The molecule has 4 rings (SSSR count). The number of benzene rings is 2. The molecular weight excluding hydrogens is 346 g/mol. The first-order chi connectivity index (χ1) is 13.1. The minimum Gasteiger partial charge on any atom is -0.497 e. The molecule has 3 aromatic rings. The van der Waals surface area contributed by atoms with Crippen LogP contribution in [-0.2, 0) is 0 Å². The van der Waals surface area contributed by atoms with Crippen molar-refractivity contribution in [2.24, 2.45) is 0 Å². The maximum Gasteiger partial charge on any atom is 0.335 e. The minimum atomic E-state index is -1.00. The summed E-state index contributed by atoms with van der Waals surface area (Å²) in [7, 11) is 1.59. The summed E-state index contributed by atoms with van der Waals surface area (Å²) in [5.74, 6) is 0.449. The summed E-state index contributed by atoms with van der Waals surface area (Å²) in [6, 6.07) is 15.7. The van der Waals surface area contributed by atoms with Crippen molar-refractivity contribution in [1.82, 2.24) is 0 Å². The van der Waals surface area contributed by atoms with E-state index in [1.807, 2.05) is 30.3 Å². The van der Waals surface area contributed by atoms with Gasteiger partial charge in [0.2, 0.25) is 5.88 Å². The van der Waals surface area contributed by atoms with Crippen LogP contribution in [0.4, 0.5) is 11.6 Å². The normalized spacial score (nSPS) is 15.8. The SMILES string of the molecule is COc1ccc(N2C(=N)c3ccoc3NC2c2cccc(C(=O)O)c2)cc1. The van der Waals surface area contributed by atoms with Crippen molar-refractivity contribution >= 4 is 23.4 Å². The molecule has 1 atom stereocenters. The number of carboxylic acid groups (broad SMARTS) is 1. The number of fused-ring (bicyclic) bond motifs is 1. The molecule has 0 aliphatic carbocycles. The molecule has 0 radical (unpaired) electrons. The molecule has 27 heavy (non-hydrogen) atoms. The molecule has 0 saturated heterocycles. The molecule has 7 nitrogen and oxygen atoms in total. The van der Waals surface area contributed by atoms with Crippen LogP contribution in [0.5, 0.6) is 5.75 Å². The number of hydrogen-bond donors (Lipinski definition) is 3. The predicted octanol–water partition coefficient (Wildman–Crippen LogP) is 3.94. The van der Waals surface area contributed by atoms with Crippen LogP contribution >= 0.6 is 0 Å². The zero-order valence-corrected chi connectivity index (χ0v) is 14.5. The molecule has 0 bridgehead atoms. The lowest BCUT2D eigenvalue weighted by molar-refractivity contribution is 0.0696. The van der Waals surface area contributed by atoms with Crippen LogP contribution in [0.3, 0.4) is 0 Å². The van der Waals surface area contributed by atoms with E-state index in [2.05, 4.69) is 5.32 Å². The molecular formula is C20H17N3O4. The lowest BCUT2D eigenvalue weighted by atomic mass is 10.0. The summed E-state index contributed by atoms with van der Waals surface area (Å²) in [4.78, 5) is 13.2. The Hall–Kier alpha value is -3.74. The lowest BCUT2D eigenvalue weighted by Gasteiger charge is -2.38. The van der Waals surface area contributed by atoms with E-state index in [9.17, 15) is 9.90 Å². The zero-order valence-electron chi connectivity index (χ0n) is 14.5. The van der Waals surface area contributed by atoms with E-state index in [0.717, 1.165) is 5.69 Å². The molecule has 0 fully saturated rings. The quantitative estimate of drug-likeness (QED) is 0.649. The Morgan fingerprint density at radius 2 is 2.00 bits per heavy atom. The standard InChI is InChI=1S/C20H17N3O4/c1-26-15-7-5-14(6-8-15)23-17(21)16-9-10-27-19(16)22-18(23)12-3-2-4-13(11-12)20(24)25/h2-11,18,21-22H,1H3,(H,24,25). The smallest absolute Gasteiger partial charge is 0.335 e. The molecule has 1 unspecified atom stereocenters. The summed E-state index contributed by atoms with van der Waals surface area (Å²) >= 11 is 0. The average molecular weight is 363 g/mol. The second kappa shape index (κ2) is 6.53. The molecule has 1 aromatic heterocycles. The first-order valence-corrected chi connectivity index (χ1v) is 8.28. The fourth-order valence-electron chi connectivity index (χ4n) is 3.15. The van der Waals surface area contributed by atoms with Crippen molar-refractivity contribution in [2.45, 2.75) is 6.17 Å². The van der Waals surface area contributed by atoms with Gasteiger partial charge in [0, 0.05) is 5.69 Å². The molecule has 0 amide bonds. The van der Waals surface area contributed by atoms with Gasteiger partial charge in [0.25, 0.3) is 0 Å². The molecule has 2 heterocycles. The van der Waals surface area contributed by atoms with E-state index < -0.39 is 12.1 Å². The van der Waals surface area contributed by atoms with Gasteiger partial charge < -0.3 is 24.5 Å². The van der Waals surface area contributed by atoms with Crippen LogP contribution < -0.4 is 15.0 Å². The van der Waals surface area contributed by atoms with Crippen molar-refractivity contribution in [1.29, 1.82) is 5.41 Å². The monoisotopic (exact) mass is 363 g/mol. The third-order valence-corrected chi connectivity index (χ3v) is 4.49. The number of anilines is 2. The van der Waals surface area contributed by atoms with Gasteiger partial charge in [-0.05, 0) is 48.0 Å². The Labute approximate surface area is 155 Å². The maximum absolute atomic E-state index is 11.4. The Morgan fingerprint density at radius 1 is 1.22 bits per heavy atom. The number of rotatable bonds is 4. The molecule has 1 aliphatic rings. The van der Waals surface area contributed by atoms with Crippen molar-refractivity contribution in [3.63, 3.8) is 0 Å². The van der Waals surface area contributed by atoms with Crippen molar-refractivity contribution in [3.05, 3.63) is 77.6 Å². The third kappa shape index (κ3) is 2.89. The van der Waals surface area contributed by atoms with E-state index in [0.29, 0.717) is 22.8 Å². The molecule has 7 heteroatoms. The highest BCUT2D eigenvalue weighted by Gasteiger charge is 2.33. The van der Waals surface area contributed by atoms with Gasteiger partial charge in [0.15, 0.2) is 0 Å². The van der Waals surface area contributed by atoms with Gasteiger partial charge in [0.1, 0.15) is 17.8 Å². The number of carboxylic acids is 1. The minimum absolute atomic E-state index is 0.181. The highest BCUT2D eigenvalue weighted by molar-refractivity contribution is 6.13. The summed E-state index contributed by atoms with van der Waals surface area (Å²) < 4.78 is 10.7. The Bertz CT molecular complexity index is 1010. The van der Waals surface area contributed by atoms with Crippen molar-refractivity contribution in [2.75, 3.05) is 17.3 Å². The van der Waals surface area contributed by atoms with Crippen molar-refractivity contribution < 1.29 is 19.1 Å². The molecule has 0 saturated carbocycles. The second-order valence-electron chi connectivity index (χ2n) is 6.06. The highest BCUT2D eigenvalue weighted by Crippen LogP contribution is 2.37. The van der Waals surface area contributed by atoms with Gasteiger partial charge in [-0.1, -0.05) is 12.1 Å². The van der Waals surface area contributed by atoms with E-state index in [1.54, 1.807) is 30.2 Å². The van der Waals surface area contributed by atoms with Crippen LogP contribution in [0.1, 0.15) is 27.7 Å². The van der Waals surface area contributed by atoms with E-state index in [1.165, 1.54) is 12.3 Å². The van der Waals surface area contributed by atoms with Gasteiger partial charge in [0.05, 0.1) is 24.5 Å². The first-order valence-electron chi connectivity index (χ1n) is 8.28. The van der Waals surface area contributed by atoms with E-state index >= 15 is 0 Å². The number of aromatic carboxylic acids is 1. The highest BCUT2D eigenvalue weighted by atomic mass is 16.5. The van der Waals surface area contributed by atoms with Gasteiger partial charge in [-0.15, -0.1) is 0 Å². The van der Waals surface area contributed by atoms with Crippen LogP contribution in [0.2, 0.25) is 0 Å². The number of carbonyl (C=O) groups is 1. The number of furan rings is 1. The average Bonchev–Trinajstić information content (AvgIpc) is 3.17. The van der Waals surface area contributed by atoms with Crippen LogP contribution in [0.25, 0.3) is 0 Å². The maximum atomic E-state index is 11.4. The van der Waals surface area contributed by atoms with Gasteiger partial charge in [-0.25, -0.2) is 4.79 Å². The van der Waals surface area contributed by atoms with E-state index in [-0.39, 0.29) is 11.4 Å². The Kier molecular flexibility index (Phi) is 4.04. The molecule has 2 aromatic carbocycles. The third-order valence-electron chi connectivity index (χ3n) is 4.49. The van der Waals surface area contributed by atoms with Gasteiger partial charge in [-0.3, -0.25) is 5.41 Å². The molecule has 0 spiro atoms. The number of amidine groups is 1. The number of hydrogen-bond acceptors (Lipinski definition) is 5. The van der Waals surface area contributed by atoms with Crippen LogP contribution in [0.15, 0.2) is 65.3 Å². The predicted molar refractivity (Wildman–Crippen MR) is 101 cm³/mol. The number of nitrogens with one attached hydrogen (secondary N) is 2. The molecule has 1 aliphatic heterocycles. The van der Waals surface area contributed by atoms with Crippen LogP contribution in [0, 0.1) is 5.41 Å². The Morgan fingerprint density at radius 3 is 2.70 bits per heavy atom. The first kappa shape index (κ1) is 16.7. The zero-order chi connectivity index (χ0) is 19.0. The van der Waals surface area contributed by atoms with Crippen LogP contribution in [-0.4, -0.2) is 24.0 Å². The number of nitrogens with zero attached hydrogens (tertiary/aromatic N) is 1. The number of methoxy groups -OCH3 is 1. The number of ether oxygens (including phenoxy) is 1. The molecule has 136 valence electrons. The summed E-state index contributed by atoms with van der Waals surface area (Å²) in [6.07, 6.45) is 1.03. The van der Waals surface area contributed by atoms with Gasteiger partial charge >= 0.3 is 5.97 Å². The summed E-state index contributed by atoms with van der Waals surface area (Å²) in [6.45, 7) is 0. The molecule has 3 N–H and O–H groups in total. The second-order valence-corrected chi connectivity index (χ2v) is 6.06. The topological polar surface area (TPSA) is 98.8 Å².